The van der Waals surface area contributed by atoms with Crippen molar-refractivity contribution in [2.75, 3.05) is 0 Å². The van der Waals surface area contributed by atoms with Crippen LogP contribution in [0.1, 0.15) is 49.7 Å². The monoisotopic (exact) mass is 416 g/mol. The lowest BCUT2D eigenvalue weighted by Crippen LogP contribution is -2.67. The van der Waals surface area contributed by atoms with Gasteiger partial charge in [0.1, 0.15) is 5.75 Å². The summed E-state index contributed by atoms with van der Waals surface area (Å²) in [5.41, 5.74) is 5.05. The number of pyridine rings is 1. The molecule has 0 aliphatic carbocycles. The van der Waals surface area contributed by atoms with E-state index in [0.29, 0.717) is 11.1 Å². The normalized spacial score (nSPS) is 12.6. The van der Waals surface area contributed by atoms with E-state index in [-0.39, 0.29) is 11.4 Å². The van der Waals surface area contributed by atoms with E-state index in [1.54, 1.807) is 19.1 Å². The molecule has 0 saturated heterocycles. The first-order valence-electron chi connectivity index (χ1n) is 8.81. The van der Waals surface area contributed by atoms with Gasteiger partial charge in [0.25, 0.3) is 5.91 Å². The molecule has 0 aliphatic rings. The summed E-state index contributed by atoms with van der Waals surface area (Å²) in [6, 6.07) is 7.77. The van der Waals surface area contributed by atoms with Crippen LogP contribution in [0, 0.1) is 0 Å². The van der Waals surface area contributed by atoms with Crippen molar-refractivity contribution in [1.29, 1.82) is 0 Å². The molecule has 4 N–H and O–H groups in total. The Kier molecular flexibility index (Phi) is 8.57. The zero-order chi connectivity index (χ0) is 22.2. The Morgan fingerprint density at radius 3 is 2.00 bits per heavy atom. The van der Waals surface area contributed by atoms with Crippen molar-refractivity contribution in [2.45, 2.75) is 51.8 Å². The Bertz CT molecular complexity index is 758. The molecule has 1 unspecified atom stereocenters. The van der Waals surface area contributed by atoms with E-state index in [4.69, 9.17) is 0 Å². The van der Waals surface area contributed by atoms with E-state index in [0.717, 1.165) is 12.1 Å². The lowest BCUT2D eigenvalue weighted by atomic mass is 10.1. The number of benzene rings is 1. The molecule has 1 amide bonds. The summed E-state index contributed by atoms with van der Waals surface area (Å²) >= 11 is 0. The van der Waals surface area contributed by atoms with Gasteiger partial charge < -0.3 is 15.8 Å². The Morgan fingerprint density at radius 1 is 1.07 bits per heavy atom. The Balaban J connectivity index is 0.000000749. The van der Waals surface area contributed by atoms with Crippen LogP contribution in [0.25, 0.3) is 0 Å². The number of nitrogens with zero attached hydrogens (tertiary/aromatic N) is 1. The zero-order valence-corrected chi connectivity index (χ0v) is 16.8. The topological polar surface area (TPSA) is 78.9 Å². The quantitative estimate of drug-likeness (QED) is 0.703. The maximum absolute atomic E-state index is 12.8. The molecule has 0 fully saturated rings. The number of halogens is 4. The molecule has 0 spiro atoms. The number of ether oxygens (including phenoxy) is 1. The molecule has 1 heterocycles. The highest BCUT2D eigenvalue weighted by Crippen LogP contribution is 2.28. The number of hydrogen-bond donors (Lipinski definition) is 2. The molecule has 0 bridgehead atoms. The van der Waals surface area contributed by atoms with Gasteiger partial charge in [-0.05, 0) is 57.5 Å². The van der Waals surface area contributed by atoms with Crippen LogP contribution in [-0.4, -0.2) is 29.0 Å². The average Bonchev–Trinajstić information content (AvgIpc) is 2.61. The van der Waals surface area contributed by atoms with Crippen molar-refractivity contribution >= 4 is 5.91 Å². The third-order valence-electron chi connectivity index (χ3n) is 3.18. The van der Waals surface area contributed by atoms with E-state index in [2.05, 4.69) is 41.5 Å². The van der Waals surface area contributed by atoms with Gasteiger partial charge in [-0.25, -0.2) is 0 Å². The predicted octanol–water partition coefficient (Wildman–Crippen LogP) is 3.84. The summed E-state index contributed by atoms with van der Waals surface area (Å²) in [5, 5.41) is 2.72. The highest BCUT2D eigenvalue weighted by atomic mass is 19.3. The second kappa shape index (κ2) is 10.2. The van der Waals surface area contributed by atoms with Crippen molar-refractivity contribution in [2.24, 2.45) is 0 Å². The molecule has 2 aromatic rings. The lowest BCUT2D eigenvalue weighted by Gasteiger charge is -2.18. The first-order valence-corrected chi connectivity index (χ1v) is 8.81. The molecule has 9 heteroatoms. The Morgan fingerprint density at radius 2 is 1.55 bits per heavy atom. The molecule has 0 radical (unpaired) electrons. The van der Waals surface area contributed by atoms with Gasteiger partial charge in [0.05, 0.1) is 11.6 Å². The number of carbonyl (C=O) groups excluding carboxylic acids is 1. The van der Waals surface area contributed by atoms with Crippen molar-refractivity contribution in [1.82, 2.24) is 10.3 Å². The molecule has 0 aliphatic heterocycles. The van der Waals surface area contributed by atoms with Gasteiger partial charge >= 0.3 is 12.5 Å². The number of alkyl halides is 4. The van der Waals surface area contributed by atoms with Crippen molar-refractivity contribution in [3.05, 3.63) is 59.9 Å². The second-order valence-electron chi connectivity index (χ2n) is 7.53. The van der Waals surface area contributed by atoms with E-state index in [1.807, 2.05) is 0 Å². The highest BCUT2D eigenvalue weighted by molar-refractivity contribution is 5.94. The molecule has 1 aromatic carbocycles. The van der Waals surface area contributed by atoms with Crippen LogP contribution < -0.4 is 15.8 Å². The highest BCUT2D eigenvalue weighted by Gasteiger charge is 2.43. The number of rotatable bonds is 6. The maximum atomic E-state index is 12.8. The van der Waals surface area contributed by atoms with Crippen LogP contribution in [0.3, 0.4) is 0 Å². The molecular formula is C20H26F4N3O2+. The number of carbonyl (C=O) groups is 1. The summed E-state index contributed by atoms with van der Waals surface area (Å²) in [6.45, 7) is 7.93. The standard InChI is InChI=1S/C16H14F4N2O2.C4H11N/c1-10(22-14(23)12-6-8-21-9-7-12)11-2-4-13(5-3-11)24-16(19,20)15(17)18;1-4(2,3)5/h2-10,15H,1H3,(H,22,23);5H2,1-3H3/p+1. The van der Waals surface area contributed by atoms with Crippen molar-refractivity contribution in [3.63, 3.8) is 0 Å². The summed E-state index contributed by atoms with van der Waals surface area (Å²) in [4.78, 5) is 15.8. The van der Waals surface area contributed by atoms with E-state index in [9.17, 15) is 22.4 Å². The fourth-order valence-electron chi connectivity index (χ4n) is 1.89. The minimum atomic E-state index is -4.55. The number of quaternary nitrogens is 1. The van der Waals surface area contributed by atoms with Crippen LogP contribution in [0.5, 0.6) is 5.75 Å². The number of aromatic nitrogens is 1. The SMILES string of the molecule is CC(C)(C)[NH3+].CC(NC(=O)c1ccncc1)c1ccc(OC(F)(F)C(F)F)cc1. The van der Waals surface area contributed by atoms with Crippen LogP contribution in [-0.2, 0) is 0 Å². The summed E-state index contributed by atoms with van der Waals surface area (Å²) in [5.74, 6) is -0.717. The molecule has 0 saturated carbocycles. The fraction of sp³-hybridized carbons (Fsp3) is 0.400. The molecule has 2 rings (SSSR count). The summed E-state index contributed by atoms with van der Waals surface area (Å²) in [6.07, 6.45) is -5.51. The van der Waals surface area contributed by atoms with E-state index < -0.39 is 24.3 Å². The largest absolute Gasteiger partial charge is 0.461 e. The number of hydrogen-bond acceptors (Lipinski definition) is 3. The predicted molar refractivity (Wildman–Crippen MR) is 101 cm³/mol. The van der Waals surface area contributed by atoms with Gasteiger partial charge in [0, 0.05) is 18.0 Å². The lowest BCUT2D eigenvalue weighted by molar-refractivity contribution is -0.458. The minimum absolute atomic E-state index is 0.250. The number of nitrogens with one attached hydrogen (secondary N) is 1. The molecular weight excluding hydrogens is 390 g/mol. The molecule has 1 atom stereocenters. The van der Waals surface area contributed by atoms with Crippen molar-refractivity contribution < 1.29 is 32.8 Å². The first kappa shape index (κ1) is 24.4. The third-order valence-corrected chi connectivity index (χ3v) is 3.18. The van der Waals surface area contributed by atoms with Crippen LogP contribution in [0.4, 0.5) is 17.6 Å². The van der Waals surface area contributed by atoms with Crippen molar-refractivity contribution in [3.8, 4) is 5.75 Å². The maximum Gasteiger partial charge on any atom is 0.461 e. The average molecular weight is 416 g/mol. The van der Waals surface area contributed by atoms with Gasteiger partial charge in [-0.15, -0.1) is 0 Å². The van der Waals surface area contributed by atoms with Gasteiger partial charge in [-0.2, -0.15) is 17.6 Å². The fourth-order valence-corrected chi connectivity index (χ4v) is 1.89. The third kappa shape index (κ3) is 9.38. The van der Waals surface area contributed by atoms with Gasteiger partial charge in [-0.1, -0.05) is 12.1 Å². The molecule has 5 nitrogen and oxygen atoms in total. The Labute approximate surface area is 167 Å². The van der Waals surface area contributed by atoms with Gasteiger partial charge in [-0.3, -0.25) is 9.78 Å². The van der Waals surface area contributed by atoms with Gasteiger partial charge in [0.2, 0.25) is 0 Å². The van der Waals surface area contributed by atoms with Crippen LogP contribution in [0.2, 0.25) is 0 Å². The molecule has 1 aromatic heterocycles. The molecule has 160 valence electrons. The number of amides is 1. The van der Waals surface area contributed by atoms with Crippen LogP contribution >= 0.6 is 0 Å². The second-order valence-corrected chi connectivity index (χ2v) is 7.53. The minimum Gasteiger partial charge on any atom is -0.428 e. The zero-order valence-electron chi connectivity index (χ0n) is 16.8. The van der Waals surface area contributed by atoms with Crippen LogP contribution in [0.15, 0.2) is 48.8 Å². The van der Waals surface area contributed by atoms with E-state index >= 15 is 0 Å². The van der Waals surface area contributed by atoms with Gasteiger partial charge in [0.15, 0.2) is 0 Å². The first-order chi connectivity index (χ1) is 13.3. The smallest absolute Gasteiger partial charge is 0.428 e. The van der Waals surface area contributed by atoms with E-state index in [1.165, 1.54) is 24.5 Å². The molecule has 29 heavy (non-hydrogen) atoms. The Hall–Kier alpha value is -2.68. The summed E-state index contributed by atoms with van der Waals surface area (Å²) in [7, 11) is 0. The summed E-state index contributed by atoms with van der Waals surface area (Å²) < 4.78 is 53.8.